The van der Waals surface area contributed by atoms with Gasteiger partial charge in [0.15, 0.2) is 5.82 Å². The van der Waals surface area contributed by atoms with Crippen molar-refractivity contribution in [2.24, 2.45) is 0 Å². The second kappa shape index (κ2) is 6.20. The maximum atomic E-state index is 14.1. The molecule has 0 unspecified atom stereocenters. The SMILES string of the molecule is CCn1c(CN2CCC[C@](O)(c3cn[nH]n3)C2)nc2c(F)cccc21. The van der Waals surface area contributed by atoms with Crippen LogP contribution in [0.25, 0.3) is 11.0 Å². The standard InChI is InChI=1S/C17H21FN6O/c1-2-24-13-6-3-5-12(18)16(13)20-15(24)10-23-8-4-7-17(25,11-23)14-9-19-22-21-14/h3,5-6,9,25H,2,4,7-8,10-11H2,1H3,(H,19,21,22)/t17-/m1/s1. The molecule has 1 fully saturated rings. The molecule has 1 saturated heterocycles. The summed E-state index contributed by atoms with van der Waals surface area (Å²) in [6.45, 7) is 4.61. The van der Waals surface area contributed by atoms with Crippen LogP contribution < -0.4 is 0 Å². The molecule has 132 valence electrons. The van der Waals surface area contributed by atoms with E-state index in [2.05, 4.69) is 25.3 Å². The quantitative estimate of drug-likeness (QED) is 0.754. The number of nitrogens with one attached hydrogen (secondary N) is 1. The van der Waals surface area contributed by atoms with E-state index in [0.29, 0.717) is 30.7 Å². The van der Waals surface area contributed by atoms with Crippen LogP contribution in [-0.4, -0.2) is 48.1 Å². The van der Waals surface area contributed by atoms with Gasteiger partial charge in [-0.15, -0.1) is 0 Å². The van der Waals surface area contributed by atoms with Crippen LogP contribution in [0.1, 0.15) is 31.3 Å². The van der Waals surface area contributed by atoms with Gasteiger partial charge in [-0.2, -0.15) is 15.4 Å². The van der Waals surface area contributed by atoms with Gasteiger partial charge in [-0.3, -0.25) is 4.90 Å². The Balaban J connectivity index is 1.62. The summed E-state index contributed by atoms with van der Waals surface area (Å²) in [4.78, 5) is 6.66. The van der Waals surface area contributed by atoms with Crippen LogP contribution in [0.4, 0.5) is 4.39 Å². The van der Waals surface area contributed by atoms with Crippen LogP contribution in [0, 0.1) is 5.82 Å². The Hall–Kier alpha value is -2.32. The molecule has 25 heavy (non-hydrogen) atoms. The van der Waals surface area contributed by atoms with E-state index in [1.54, 1.807) is 12.3 Å². The number of hydrogen-bond acceptors (Lipinski definition) is 5. The number of fused-ring (bicyclic) bond motifs is 1. The fourth-order valence-electron chi connectivity index (χ4n) is 3.73. The van der Waals surface area contributed by atoms with E-state index in [4.69, 9.17) is 0 Å². The van der Waals surface area contributed by atoms with E-state index in [1.807, 2.05) is 17.6 Å². The summed E-state index contributed by atoms with van der Waals surface area (Å²) in [7, 11) is 0. The third kappa shape index (κ3) is 2.81. The molecule has 1 aliphatic rings. The van der Waals surface area contributed by atoms with E-state index in [9.17, 15) is 9.50 Å². The predicted molar refractivity (Wildman–Crippen MR) is 90.2 cm³/mol. The number of rotatable bonds is 4. The van der Waals surface area contributed by atoms with E-state index >= 15 is 0 Å². The third-order valence-corrected chi connectivity index (χ3v) is 4.93. The van der Waals surface area contributed by atoms with Gasteiger partial charge in [0.05, 0.1) is 18.3 Å². The maximum Gasteiger partial charge on any atom is 0.151 e. The summed E-state index contributed by atoms with van der Waals surface area (Å²) in [6, 6.07) is 5.03. The highest BCUT2D eigenvalue weighted by atomic mass is 19.1. The maximum absolute atomic E-state index is 14.1. The molecule has 3 heterocycles. The number of imidazole rings is 1. The van der Waals surface area contributed by atoms with Crippen molar-refractivity contribution < 1.29 is 9.50 Å². The fourth-order valence-corrected chi connectivity index (χ4v) is 3.73. The van der Waals surface area contributed by atoms with Crippen molar-refractivity contribution in [3.05, 3.63) is 41.7 Å². The molecular weight excluding hydrogens is 323 g/mol. The minimum absolute atomic E-state index is 0.302. The number of aliphatic hydroxyl groups is 1. The largest absolute Gasteiger partial charge is 0.382 e. The molecule has 7 nitrogen and oxygen atoms in total. The van der Waals surface area contributed by atoms with Crippen LogP contribution in [0.3, 0.4) is 0 Å². The average molecular weight is 344 g/mol. The molecule has 1 aromatic carbocycles. The third-order valence-electron chi connectivity index (χ3n) is 4.93. The van der Waals surface area contributed by atoms with E-state index < -0.39 is 5.60 Å². The van der Waals surface area contributed by atoms with E-state index in [0.717, 1.165) is 30.9 Å². The number of nitrogens with zero attached hydrogens (tertiary/aromatic N) is 5. The first-order chi connectivity index (χ1) is 12.1. The molecule has 1 atom stereocenters. The van der Waals surface area contributed by atoms with Gasteiger partial charge in [-0.05, 0) is 38.4 Å². The molecule has 0 spiro atoms. The summed E-state index contributed by atoms with van der Waals surface area (Å²) in [5.41, 5.74) is 0.760. The van der Waals surface area contributed by atoms with Crippen LogP contribution in [0.5, 0.6) is 0 Å². The lowest BCUT2D eigenvalue weighted by Gasteiger charge is -2.37. The number of halogens is 1. The first kappa shape index (κ1) is 16.2. The number of para-hydroxylation sites is 1. The van der Waals surface area contributed by atoms with Gasteiger partial charge in [0.2, 0.25) is 0 Å². The topological polar surface area (TPSA) is 82.9 Å². The zero-order valence-corrected chi connectivity index (χ0v) is 14.1. The van der Waals surface area contributed by atoms with Crippen molar-refractivity contribution in [1.82, 2.24) is 29.9 Å². The number of H-pyrrole nitrogens is 1. The van der Waals surface area contributed by atoms with Crippen molar-refractivity contribution in [1.29, 1.82) is 0 Å². The molecule has 2 aromatic heterocycles. The molecule has 0 bridgehead atoms. The average Bonchev–Trinajstić information content (AvgIpc) is 3.23. The second-order valence-electron chi connectivity index (χ2n) is 6.58. The molecule has 2 N–H and O–H groups in total. The predicted octanol–water partition coefficient (Wildman–Crippen LogP) is 1.80. The summed E-state index contributed by atoms with van der Waals surface area (Å²) >= 11 is 0. The highest BCUT2D eigenvalue weighted by molar-refractivity contribution is 5.76. The van der Waals surface area contributed by atoms with Crippen molar-refractivity contribution in [2.45, 2.75) is 38.5 Å². The molecule has 4 rings (SSSR count). The first-order valence-electron chi connectivity index (χ1n) is 8.55. The molecule has 0 amide bonds. The van der Waals surface area contributed by atoms with Gasteiger partial charge in [-0.1, -0.05) is 6.07 Å². The molecule has 0 radical (unpaired) electrons. The van der Waals surface area contributed by atoms with Crippen molar-refractivity contribution >= 4 is 11.0 Å². The number of benzene rings is 1. The van der Waals surface area contributed by atoms with Gasteiger partial charge in [-0.25, -0.2) is 9.37 Å². The fraction of sp³-hybridized carbons (Fsp3) is 0.471. The Kier molecular flexibility index (Phi) is 4.01. The highest BCUT2D eigenvalue weighted by Crippen LogP contribution is 2.31. The number of aromatic nitrogens is 5. The second-order valence-corrected chi connectivity index (χ2v) is 6.58. The lowest BCUT2D eigenvalue weighted by Crippen LogP contribution is -2.46. The van der Waals surface area contributed by atoms with Gasteiger partial charge >= 0.3 is 0 Å². The van der Waals surface area contributed by atoms with E-state index in [1.165, 1.54) is 6.07 Å². The Morgan fingerprint density at radius 2 is 2.28 bits per heavy atom. The Bertz CT molecular complexity index is 877. The summed E-state index contributed by atoms with van der Waals surface area (Å²) < 4.78 is 16.1. The normalized spacial score (nSPS) is 21.9. The monoisotopic (exact) mass is 344 g/mol. The van der Waals surface area contributed by atoms with Crippen molar-refractivity contribution in [2.75, 3.05) is 13.1 Å². The summed E-state index contributed by atoms with van der Waals surface area (Å²) in [5.74, 6) is 0.510. The summed E-state index contributed by atoms with van der Waals surface area (Å²) in [6.07, 6.45) is 3.07. The number of likely N-dealkylation sites (tertiary alicyclic amines) is 1. The minimum Gasteiger partial charge on any atom is -0.382 e. The molecule has 1 aliphatic heterocycles. The van der Waals surface area contributed by atoms with Crippen LogP contribution in [-0.2, 0) is 18.7 Å². The van der Waals surface area contributed by atoms with Crippen molar-refractivity contribution in [3.8, 4) is 0 Å². The highest BCUT2D eigenvalue weighted by Gasteiger charge is 2.37. The molecule has 0 aliphatic carbocycles. The summed E-state index contributed by atoms with van der Waals surface area (Å²) in [5, 5.41) is 21.4. The van der Waals surface area contributed by atoms with Crippen LogP contribution in [0.15, 0.2) is 24.4 Å². The van der Waals surface area contributed by atoms with Crippen molar-refractivity contribution in [3.63, 3.8) is 0 Å². The number of aryl methyl sites for hydroxylation is 1. The lowest BCUT2D eigenvalue weighted by atomic mass is 9.90. The zero-order valence-electron chi connectivity index (χ0n) is 14.1. The molecular formula is C17H21FN6O. The number of piperidine rings is 1. The van der Waals surface area contributed by atoms with Crippen LogP contribution in [0.2, 0.25) is 0 Å². The smallest absolute Gasteiger partial charge is 0.151 e. The molecule has 8 heteroatoms. The lowest BCUT2D eigenvalue weighted by molar-refractivity contribution is -0.0422. The Labute approximate surface area is 144 Å². The number of β-amino-alcohol motifs (C(OH)–C–C–N with tert-alkyl or cyclic N) is 1. The van der Waals surface area contributed by atoms with Crippen LogP contribution >= 0.6 is 0 Å². The Morgan fingerprint density at radius 1 is 1.40 bits per heavy atom. The van der Waals surface area contributed by atoms with Gasteiger partial charge in [0, 0.05) is 13.1 Å². The minimum atomic E-state index is -1.01. The van der Waals surface area contributed by atoms with Gasteiger partial charge in [0.1, 0.15) is 22.6 Å². The zero-order chi connectivity index (χ0) is 17.4. The molecule has 0 saturated carbocycles. The van der Waals surface area contributed by atoms with Gasteiger partial charge < -0.3 is 9.67 Å². The van der Waals surface area contributed by atoms with E-state index in [-0.39, 0.29) is 5.82 Å². The number of hydrogen-bond donors (Lipinski definition) is 2. The van der Waals surface area contributed by atoms with Gasteiger partial charge in [0.25, 0.3) is 0 Å². The number of aromatic amines is 1. The molecule has 3 aromatic rings. The Morgan fingerprint density at radius 3 is 3.04 bits per heavy atom. The first-order valence-corrected chi connectivity index (χ1v) is 8.55.